The molecule has 3 heterocycles. The molecule has 2 amide bonds. The average Bonchev–Trinajstić information content (AvgIpc) is 3.15. The smallest absolute Gasteiger partial charge is 0.432 e. The van der Waals surface area contributed by atoms with Crippen LogP contribution in [0.4, 0.5) is 15.4 Å². The maximum Gasteiger partial charge on any atom is 0.432 e. The Kier molecular flexibility index (Phi) is 4.80. The Morgan fingerprint density at radius 3 is 2.85 bits per heavy atom. The van der Waals surface area contributed by atoms with Gasteiger partial charge in [0.15, 0.2) is 5.65 Å². The van der Waals surface area contributed by atoms with E-state index in [0.717, 1.165) is 8.99 Å². The van der Waals surface area contributed by atoms with Gasteiger partial charge in [0.2, 0.25) is 0 Å². The predicted octanol–water partition coefficient (Wildman–Crippen LogP) is 1.96. The zero-order valence-electron chi connectivity index (χ0n) is 13.3. The fourth-order valence-electron chi connectivity index (χ4n) is 2.04. The predicted molar refractivity (Wildman–Crippen MR) is 97.0 cm³/mol. The Morgan fingerprint density at radius 2 is 2.15 bits per heavy atom. The first-order chi connectivity index (χ1) is 12.5. The number of amides is 2. The molecule has 2 N–H and O–H groups in total. The zero-order valence-corrected chi connectivity index (χ0v) is 14.2. The van der Waals surface area contributed by atoms with E-state index < -0.39 is 12.1 Å². The SMILES string of the molecule is C=CCNC(=O)N(S)c1ccc2ncc(-c3cnn(C(=O)O)c3)nc2n1. The highest BCUT2D eigenvalue weighted by molar-refractivity contribution is 7.82. The first kappa shape index (κ1) is 17.4. The van der Waals surface area contributed by atoms with Gasteiger partial charge in [0.05, 0.1) is 18.1 Å². The van der Waals surface area contributed by atoms with Crippen LogP contribution in [0.3, 0.4) is 0 Å². The first-order valence-corrected chi connectivity index (χ1v) is 7.69. The Morgan fingerprint density at radius 1 is 1.35 bits per heavy atom. The van der Waals surface area contributed by atoms with Crippen LogP contribution < -0.4 is 9.62 Å². The summed E-state index contributed by atoms with van der Waals surface area (Å²) in [5.41, 5.74) is 1.66. The number of thiol groups is 1. The number of carbonyl (C=O) groups excluding carboxylic acids is 1. The highest BCUT2D eigenvalue weighted by Gasteiger charge is 2.14. The topological polar surface area (TPSA) is 126 Å². The van der Waals surface area contributed by atoms with Gasteiger partial charge in [-0.3, -0.25) is 4.98 Å². The van der Waals surface area contributed by atoms with Gasteiger partial charge in [-0.1, -0.05) is 18.9 Å². The standard InChI is InChI=1S/C15H13N7O3S/c1-2-5-16-14(23)22(26)12-4-3-10-13(20-12)19-11(7-17-10)9-6-18-21(8-9)15(24)25/h2-4,6-8,26H,1,5H2,(H,16,23)(H,24,25). The summed E-state index contributed by atoms with van der Waals surface area (Å²) in [6, 6.07) is 2.77. The van der Waals surface area contributed by atoms with Crippen molar-refractivity contribution in [2.24, 2.45) is 0 Å². The molecule has 0 aromatic carbocycles. The van der Waals surface area contributed by atoms with Gasteiger partial charge in [-0.15, -0.1) is 6.58 Å². The van der Waals surface area contributed by atoms with Gasteiger partial charge in [0.1, 0.15) is 11.3 Å². The third kappa shape index (κ3) is 3.47. The summed E-state index contributed by atoms with van der Waals surface area (Å²) in [6.45, 7) is 3.81. The van der Waals surface area contributed by atoms with E-state index in [1.165, 1.54) is 18.6 Å². The van der Waals surface area contributed by atoms with Crippen LogP contribution in [-0.2, 0) is 0 Å². The summed E-state index contributed by atoms with van der Waals surface area (Å²) >= 11 is 4.13. The lowest BCUT2D eigenvalue weighted by Crippen LogP contribution is -2.34. The quantitative estimate of drug-likeness (QED) is 0.473. The summed E-state index contributed by atoms with van der Waals surface area (Å²) in [5, 5.41) is 15.2. The molecule has 0 saturated heterocycles. The number of nitrogens with zero attached hydrogens (tertiary/aromatic N) is 6. The van der Waals surface area contributed by atoms with Gasteiger partial charge in [0, 0.05) is 18.3 Å². The van der Waals surface area contributed by atoms with Gasteiger partial charge in [-0.05, 0) is 12.1 Å². The molecule has 0 aliphatic heterocycles. The van der Waals surface area contributed by atoms with Crippen molar-refractivity contribution in [3.8, 4) is 11.3 Å². The monoisotopic (exact) mass is 371 g/mol. The van der Waals surface area contributed by atoms with Crippen molar-refractivity contribution < 1.29 is 14.7 Å². The molecule has 0 spiro atoms. The van der Waals surface area contributed by atoms with E-state index in [1.807, 2.05) is 0 Å². The van der Waals surface area contributed by atoms with E-state index in [9.17, 15) is 9.59 Å². The molecule has 3 aromatic heterocycles. The molecule has 3 aromatic rings. The molecule has 0 unspecified atom stereocenters. The molecule has 26 heavy (non-hydrogen) atoms. The van der Waals surface area contributed by atoms with E-state index in [0.29, 0.717) is 23.3 Å². The Labute approximate surface area is 152 Å². The fourth-order valence-corrected chi connectivity index (χ4v) is 2.22. The van der Waals surface area contributed by atoms with E-state index >= 15 is 0 Å². The molecular weight excluding hydrogens is 358 g/mol. The number of pyridine rings is 1. The number of rotatable bonds is 4. The third-order valence-electron chi connectivity index (χ3n) is 3.27. The van der Waals surface area contributed by atoms with E-state index in [1.54, 1.807) is 18.2 Å². The van der Waals surface area contributed by atoms with Gasteiger partial charge < -0.3 is 10.4 Å². The Bertz CT molecular complexity index is 1000. The molecule has 0 radical (unpaired) electrons. The summed E-state index contributed by atoms with van der Waals surface area (Å²) < 4.78 is 1.81. The Balaban J connectivity index is 1.93. The number of anilines is 1. The molecule has 10 nitrogen and oxygen atoms in total. The van der Waals surface area contributed by atoms with Gasteiger partial charge in [-0.25, -0.2) is 23.9 Å². The molecular formula is C15H13N7O3S. The second kappa shape index (κ2) is 7.19. The molecule has 0 bridgehead atoms. The van der Waals surface area contributed by atoms with Crippen molar-refractivity contribution in [1.82, 2.24) is 30.0 Å². The maximum atomic E-state index is 11.9. The molecule has 0 fully saturated rings. The van der Waals surface area contributed by atoms with Crippen LogP contribution >= 0.6 is 12.8 Å². The molecule has 0 atom stereocenters. The lowest BCUT2D eigenvalue weighted by atomic mass is 10.2. The van der Waals surface area contributed by atoms with Crippen molar-refractivity contribution in [2.45, 2.75) is 0 Å². The second-order valence-corrected chi connectivity index (χ2v) is 5.41. The number of nitrogens with one attached hydrogen (secondary N) is 1. The average molecular weight is 371 g/mol. The van der Waals surface area contributed by atoms with E-state index in [-0.39, 0.29) is 11.5 Å². The maximum absolute atomic E-state index is 11.9. The van der Waals surface area contributed by atoms with Crippen molar-refractivity contribution in [3.63, 3.8) is 0 Å². The number of aromatic nitrogens is 5. The van der Waals surface area contributed by atoms with Crippen LogP contribution in [0.25, 0.3) is 22.4 Å². The third-order valence-corrected chi connectivity index (χ3v) is 3.66. The van der Waals surface area contributed by atoms with E-state index in [4.69, 9.17) is 5.11 Å². The summed E-state index contributed by atoms with van der Waals surface area (Å²) in [6.07, 6.45) is 4.50. The van der Waals surface area contributed by atoms with E-state index in [2.05, 4.69) is 44.8 Å². The van der Waals surface area contributed by atoms with Crippen molar-refractivity contribution >= 4 is 41.9 Å². The number of carbonyl (C=O) groups is 2. The highest BCUT2D eigenvalue weighted by atomic mass is 32.1. The molecule has 132 valence electrons. The minimum Gasteiger partial charge on any atom is -0.463 e. The lowest BCUT2D eigenvalue weighted by Gasteiger charge is -2.15. The minimum absolute atomic E-state index is 0.259. The molecule has 0 saturated carbocycles. The first-order valence-electron chi connectivity index (χ1n) is 7.29. The molecule has 0 aliphatic carbocycles. The van der Waals surface area contributed by atoms with Crippen LogP contribution in [0, 0.1) is 0 Å². The number of urea groups is 1. The molecule has 0 aliphatic rings. The van der Waals surface area contributed by atoms with Crippen molar-refractivity contribution in [2.75, 3.05) is 10.8 Å². The molecule has 11 heteroatoms. The normalized spacial score (nSPS) is 10.5. The zero-order chi connectivity index (χ0) is 18.7. The van der Waals surface area contributed by atoms with Crippen LogP contribution in [0.2, 0.25) is 0 Å². The largest absolute Gasteiger partial charge is 0.463 e. The number of fused-ring (bicyclic) bond motifs is 1. The number of hydrogen-bond acceptors (Lipinski definition) is 7. The van der Waals surface area contributed by atoms with Crippen LogP contribution in [-0.4, -0.2) is 48.5 Å². The minimum atomic E-state index is -1.21. The van der Waals surface area contributed by atoms with Crippen LogP contribution in [0.15, 0.2) is 43.4 Å². The number of hydrogen-bond donors (Lipinski definition) is 3. The van der Waals surface area contributed by atoms with Gasteiger partial charge in [0.25, 0.3) is 0 Å². The van der Waals surface area contributed by atoms with Crippen LogP contribution in [0.5, 0.6) is 0 Å². The van der Waals surface area contributed by atoms with Gasteiger partial charge >= 0.3 is 12.1 Å². The second-order valence-electron chi connectivity index (χ2n) is 5.01. The fraction of sp³-hybridized carbons (Fsp3) is 0.0667. The summed E-state index contributed by atoms with van der Waals surface area (Å²) in [5.74, 6) is 0.259. The van der Waals surface area contributed by atoms with Crippen LogP contribution in [0.1, 0.15) is 0 Å². The van der Waals surface area contributed by atoms with Crippen molar-refractivity contribution in [1.29, 1.82) is 0 Å². The highest BCUT2D eigenvalue weighted by Crippen LogP contribution is 2.21. The molecule has 3 rings (SSSR count). The van der Waals surface area contributed by atoms with Crippen molar-refractivity contribution in [3.05, 3.63) is 43.4 Å². The number of carboxylic acid groups (broad SMARTS) is 1. The Hall–Kier alpha value is -3.47. The summed E-state index contributed by atoms with van der Waals surface area (Å²) in [7, 11) is 0. The van der Waals surface area contributed by atoms with Gasteiger partial charge in [-0.2, -0.15) is 9.78 Å². The summed E-state index contributed by atoms with van der Waals surface area (Å²) in [4.78, 5) is 35.7. The lowest BCUT2D eigenvalue weighted by molar-refractivity contribution is 0.192.